The number of carbonyl (C=O) groups is 1. The zero-order chi connectivity index (χ0) is 14.5. The van der Waals surface area contributed by atoms with Gasteiger partial charge in [-0.05, 0) is 44.9 Å². The minimum absolute atomic E-state index is 0.103. The first-order chi connectivity index (χ1) is 8.85. The van der Waals surface area contributed by atoms with E-state index in [1.54, 1.807) is 0 Å². The molecule has 0 fully saturated rings. The molecule has 0 spiro atoms. The highest BCUT2D eigenvalue weighted by Gasteiger charge is 2.19. The summed E-state index contributed by atoms with van der Waals surface area (Å²) in [5.41, 5.74) is 1.42. The van der Waals surface area contributed by atoms with Gasteiger partial charge in [-0.2, -0.15) is 5.26 Å². The van der Waals surface area contributed by atoms with E-state index in [0.29, 0.717) is 6.42 Å². The maximum absolute atomic E-state index is 10.5. The molecule has 0 aromatic heterocycles. The van der Waals surface area contributed by atoms with Crippen molar-refractivity contribution in [3.63, 3.8) is 0 Å². The van der Waals surface area contributed by atoms with Crippen LogP contribution in [0.15, 0.2) is 24.3 Å². The Morgan fingerprint density at radius 1 is 1.42 bits per heavy atom. The molecular weight excluding hydrogens is 240 g/mol. The number of carboxylic acid groups (broad SMARTS) is 1. The molecule has 1 aromatic carbocycles. The predicted octanol–water partition coefficient (Wildman–Crippen LogP) is 3.15. The molecule has 102 valence electrons. The minimum Gasteiger partial charge on any atom is -0.481 e. The van der Waals surface area contributed by atoms with Crippen molar-refractivity contribution in [3.05, 3.63) is 29.8 Å². The minimum atomic E-state index is -0.778. The van der Waals surface area contributed by atoms with Crippen molar-refractivity contribution in [1.29, 1.82) is 5.26 Å². The summed E-state index contributed by atoms with van der Waals surface area (Å²) in [6.07, 6.45) is 0.745. The molecule has 4 heteroatoms. The molecule has 1 unspecified atom stereocenters. The summed E-state index contributed by atoms with van der Waals surface area (Å²) >= 11 is 0. The van der Waals surface area contributed by atoms with Crippen LogP contribution in [0.2, 0.25) is 0 Å². The highest BCUT2D eigenvalue weighted by molar-refractivity contribution is 5.66. The van der Waals surface area contributed by atoms with Gasteiger partial charge in [0.05, 0.1) is 11.5 Å². The Kier molecular flexibility index (Phi) is 4.94. The van der Waals surface area contributed by atoms with Crippen molar-refractivity contribution in [3.8, 4) is 6.07 Å². The predicted molar refractivity (Wildman–Crippen MR) is 75.0 cm³/mol. The first-order valence-electron chi connectivity index (χ1n) is 6.35. The molecule has 0 heterocycles. The van der Waals surface area contributed by atoms with E-state index in [9.17, 15) is 4.79 Å². The number of carboxylic acids is 1. The number of aliphatic carboxylic acids is 1. The van der Waals surface area contributed by atoms with E-state index in [1.165, 1.54) is 0 Å². The molecule has 0 aliphatic heterocycles. The fourth-order valence-electron chi connectivity index (χ4n) is 1.74. The van der Waals surface area contributed by atoms with Gasteiger partial charge in [0.15, 0.2) is 0 Å². The lowest BCUT2D eigenvalue weighted by molar-refractivity contribution is -0.137. The Balaban J connectivity index is 2.63. The molecular formula is C15H20N2O2. The first kappa shape index (κ1) is 15.0. The van der Waals surface area contributed by atoms with Gasteiger partial charge in [-0.25, -0.2) is 0 Å². The standard InChI is InChI=1S/C15H20N2O2/c1-11(4-9-14(18)19)17-13-7-5-12(6-8-13)15(2,3)10-16/h5-8,11,17H,4,9H2,1-3H3,(H,18,19). The van der Waals surface area contributed by atoms with E-state index in [-0.39, 0.29) is 12.5 Å². The van der Waals surface area contributed by atoms with Gasteiger partial charge in [0.2, 0.25) is 0 Å². The van der Waals surface area contributed by atoms with Gasteiger partial charge in [-0.15, -0.1) is 0 Å². The maximum atomic E-state index is 10.5. The van der Waals surface area contributed by atoms with Crippen LogP contribution in [-0.4, -0.2) is 17.1 Å². The maximum Gasteiger partial charge on any atom is 0.303 e. The lowest BCUT2D eigenvalue weighted by atomic mass is 9.86. The quantitative estimate of drug-likeness (QED) is 0.824. The molecule has 1 rings (SSSR count). The van der Waals surface area contributed by atoms with Gasteiger partial charge in [-0.3, -0.25) is 4.79 Å². The Morgan fingerprint density at radius 2 is 2.00 bits per heavy atom. The number of hydrogen-bond donors (Lipinski definition) is 2. The SMILES string of the molecule is CC(CCC(=O)O)Nc1ccc(C(C)(C)C#N)cc1. The monoisotopic (exact) mass is 260 g/mol. The second-order valence-electron chi connectivity index (χ2n) is 5.29. The van der Waals surface area contributed by atoms with Gasteiger partial charge in [-0.1, -0.05) is 12.1 Å². The van der Waals surface area contributed by atoms with Crippen LogP contribution in [0, 0.1) is 11.3 Å². The van der Waals surface area contributed by atoms with Crippen molar-refractivity contribution < 1.29 is 9.90 Å². The molecule has 0 aliphatic carbocycles. The van der Waals surface area contributed by atoms with E-state index >= 15 is 0 Å². The van der Waals surface area contributed by atoms with Crippen LogP contribution >= 0.6 is 0 Å². The van der Waals surface area contributed by atoms with Crippen LogP contribution in [0.4, 0.5) is 5.69 Å². The van der Waals surface area contributed by atoms with Crippen molar-refractivity contribution in [1.82, 2.24) is 0 Å². The Labute approximate surface area is 114 Å². The second-order valence-corrected chi connectivity index (χ2v) is 5.29. The number of benzene rings is 1. The number of nitriles is 1. The van der Waals surface area contributed by atoms with Crippen LogP contribution in [0.3, 0.4) is 0 Å². The molecule has 0 amide bonds. The highest BCUT2D eigenvalue weighted by Crippen LogP contribution is 2.23. The molecule has 0 aliphatic rings. The third kappa shape index (κ3) is 4.63. The topological polar surface area (TPSA) is 73.1 Å². The smallest absolute Gasteiger partial charge is 0.303 e. The summed E-state index contributed by atoms with van der Waals surface area (Å²) in [6, 6.07) is 10.1. The highest BCUT2D eigenvalue weighted by atomic mass is 16.4. The van der Waals surface area contributed by atoms with Gasteiger partial charge in [0.25, 0.3) is 0 Å². The lowest BCUT2D eigenvalue weighted by Gasteiger charge is -2.18. The molecule has 2 N–H and O–H groups in total. The van der Waals surface area contributed by atoms with Crippen LogP contribution in [0.25, 0.3) is 0 Å². The van der Waals surface area contributed by atoms with E-state index < -0.39 is 11.4 Å². The van der Waals surface area contributed by atoms with Gasteiger partial charge in [0.1, 0.15) is 0 Å². The van der Waals surface area contributed by atoms with Crippen LogP contribution in [-0.2, 0) is 10.2 Å². The Bertz CT molecular complexity index is 472. The molecule has 1 atom stereocenters. The number of hydrogen-bond acceptors (Lipinski definition) is 3. The van der Waals surface area contributed by atoms with E-state index in [0.717, 1.165) is 11.3 Å². The summed E-state index contributed by atoms with van der Waals surface area (Å²) in [5.74, 6) is -0.778. The fourth-order valence-corrected chi connectivity index (χ4v) is 1.74. The fraction of sp³-hybridized carbons (Fsp3) is 0.467. The van der Waals surface area contributed by atoms with E-state index in [4.69, 9.17) is 10.4 Å². The summed E-state index contributed by atoms with van der Waals surface area (Å²) in [5, 5.41) is 20.9. The molecule has 1 aromatic rings. The average molecular weight is 260 g/mol. The number of rotatable bonds is 6. The van der Waals surface area contributed by atoms with Crippen LogP contribution < -0.4 is 5.32 Å². The molecule has 0 radical (unpaired) electrons. The third-order valence-corrected chi connectivity index (χ3v) is 3.09. The van der Waals surface area contributed by atoms with Gasteiger partial charge in [0, 0.05) is 18.2 Å². The summed E-state index contributed by atoms with van der Waals surface area (Å²) in [7, 11) is 0. The van der Waals surface area contributed by atoms with E-state index in [2.05, 4.69) is 11.4 Å². The molecule has 0 bridgehead atoms. The Hall–Kier alpha value is -2.02. The van der Waals surface area contributed by atoms with Gasteiger partial charge < -0.3 is 10.4 Å². The number of nitrogens with one attached hydrogen (secondary N) is 1. The first-order valence-corrected chi connectivity index (χ1v) is 6.35. The zero-order valence-electron chi connectivity index (χ0n) is 11.6. The average Bonchev–Trinajstić information content (AvgIpc) is 2.37. The van der Waals surface area contributed by atoms with Crippen molar-refractivity contribution in [2.45, 2.75) is 45.1 Å². The second kappa shape index (κ2) is 6.24. The third-order valence-electron chi connectivity index (χ3n) is 3.09. The Morgan fingerprint density at radius 3 is 2.47 bits per heavy atom. The number of nitrogens with zero attached hydrogens (tertiary/aromatic N) is 1. The van der Waals surface area contributed by atoms with Crippen LogP contribution in [0.1, 0.15) is 39.2 Å². The van der Waals surface area contributed by atoms with E-state index in [1.807, 2.05) is 45.0 Å². The summed E-state index contributed by atoms with van der Waals surface area (Å²) < 4.78 is 0. The zero-order valence-corrected chi connectivity index (χ0v) is 11.6. The van der Waals surface area contributed by atoms with Gasteiger partial charge >= 0.3 is 5.97 Å². The normalized spacial score (nSPS) is 12.5. The summed E-state index contributed by atoms with van der Waals surface area (Å²) in [4.78, 5) is 10.5. The van der Waals surface area contributed by atoms with Crippen molar-refractivity contribution >= 4 is 11.7 Å². The van der Waals surface area contributed by atoms with Crippen molar-refractivity contribution in [2.75, 3.05) is 5.32 Å². The molecule has 19 heavy (non-hydrogen) atoms. The molecule has 0 saturated heterocycles. The number of anilines is 1. The van der Waals surface area contributed by atoms with Crippen LogP contribution in [0.5, 0.6) is 0 Å². The molecule has 4 nitrogen and oxygen atoms in total. The summed E-state index contributed by atoms with van der Waals surface area (Å²) in [6.45, 7) is 5.71. The molecule has 0 saturated carbocycles. The van der Waals surface area contributed by atoms with Crippen molar-refractivity contribution in [2.24, 2.45) is 0 Å². The lowest BCUT2D eigenvalue weighted by Crippen LogP contribution is -2.17. The largest absolute Gasteiger partial charge is 0.481 e.